The molecule has 146 valence electrons. The van der Waals surface area contributed by atoms with Gasteiger partial charge in [0, 0.05) is 30.6 Å². The topological polar surface area (TPSA) is 61.4 Å². The van der Waals surface area contributed by atoms with E-state index in [0.717, 1.165) is 38.6 Å². The summed E-state index contributed by atoms with van der Waals surface area (Å²) in [4.78, 5) is 27.2. The zero-order valence-electron chi connectivity index (χ0n) is 16.2. The fraction of sp³-hybridized carbons (Fsp3) is 0.636. The van der Waals surface area contributed by atoms with Crippen LogP contribution in [0.5, 0.6) is 0 Å². The van der Waals surface area contributed by atoms with Gasteiger partial charge in [0.25, 0.3) is 0 Å². The first-order valence-corrected chi connectivity index (χ1v) is 10.5. The molecule has 1 aliphatic carbocycles. The van der Waals surface area contributed by atoms with Gasteiger partial charge in [-0.05, 0) is 51.0 Å². The summed E-state index contributed by atoms with van der Waals surface area (Å²) in [5.74, 6) is 0.127. The quantitative estimate of drug-likeness (QED) is 0.810. The molecule has 3 aliphatic rings. The number of benzene rings is 1. The molecule has 3 atom stereocenters. The molecule has 27 heavy (non-hydrogen) atoms. The van der Waals surface area contributed by atoms with Gasteiger partial charge in [0.2, 0.25) is 11.8 Å². The average Bonchev–Trinajstić information content (AvgIpc) is 2.84. The Balaban J connectivity index is 1.28. The second-order valence-corrected chi connectivity index (χ2v) is 8.58. The van der Waals surface area contributed by atoms with Crippen molar-refractivity contribution < 1.29 is 9.59 Å². The van der Waals surface area contributed by atoms with Gasteiger partial charge in [-0.1, -0.05) is 36.8 Å². The predicted octanol–water partition coefficient (Wildman–Crippen LogP) is 2.60. The number of carbonyl (C=O) groups is 2. The molecule has 2 heterocycles. The molecule has 2 bridgehead atoms. The summed E-state index contributed by atoms with van der Waals surface area (Å²) in [5.41, 5.74) is 1.37. The molecule has 2 N–H and O–H groups in total. The third-order valence-corrected chi connectivity index (χ3v) is 6.67. The van der Waals surface area contributed by atoms with Gasteiger partial charge in [0.05, 0.1) is 0 Å². The van der Waals surface area contributed by atoms with E-state index in [2.05, 4.69) is 45.9 Å². The minimum absolute atomic E-state index is 0.0383. The number of hydrogen-bond donors (Lipinski definition) is 2. The van der Waals surface area contributed by atoms with E-state index < -0.39 is 6.04 Å². The highest BCUT2D eigenvalue weighted by Gasteiger charge is 2.41. The van der Waals surface area contributed by atoms with Crippen LogP contribution in [0.15, 0.2) is 30.3 Å². The highest BCUT2D eigenvalue weighted by Crippen LogP contribution is 2.36. The van der Waals surface area contributed by atoms with Crippen LogP contribution < -0.4 is 10.6 Å². The number of amides is 2. The number of fused-ring (bicyclic) bond motifs is 2. The Kier molecular flexibility index (Phi) is 5.48. The first kappa shape index (κ1) is 18.5. The SMILES string of the molecule is CC(NC(=O)C1CCC1)C(=O)NC1CC2CCC(C1)N2Cc1ccccc1. The van der Waals surface area contributed by atoms with Gasteiger partial charge in [0.15, 0.2) is 0 Å². The van der Waals surface area contributed by atoms with Crippen LogP contribution in [0.3, 0.4) is 0 Å². The number of carbonyl (C=O) groups excluding carboxylic acids is 2. The minimum Gasteiger partial charge on any atom is -0.351 e. The lowest BCUT2D eigenvalue weighted by Crippen LogP contribution is -2.54. The first-order chi connectivity index (χ1) is 13.1. The molecule has 2 amide bonds. The summed E-state index contributed by atoms with van der Waals surface area (Å²) in [5, 5.41) is 6.09. The molecule has 0 radical (unpaired) electrons. The van der Waals surface area contributed by atoms with Crippen molar-refractivity contribution in [3.8, 4) is 0 Å². The monoisotopic (exact) mass is 369 g/mol. The largest absolute Gasteiger partial charge is 0.351 e. The van der Waals surface area contributed by atoms with Crippen molar-refractivity contribution in [2.24, 2.45) is 5.92 Å². The maximum Gasteiger partial charge on any atom is 0.242 e. The third-order valence-electron chi connectivity index (χ3n) is 6.67. The molecule has 0 aromatic heterocycles. The van der Waals surface area contributed by atoms with Crippen LogP contribution in [0.1, 0.15) is 57.4 Å². The summed E-state index contributed by atoms with van der Waals surface area (Å²) < 4.78 is 0. The summed E-state index contributed by atoms with van der Waals surface area (Å²) in [6, 6.07) is 11.5. The normalized spacial score (nSPS) is 29.0. The van der Waals surface area contributed by atoms with Gasteiger partial charge in [-0.2, -0.15) is 0 Å². The fourth-order valence-electron chi connectivity index (χ4n) is 4.84. The van der Waals surface area contributed by atoms with E-state index in [1.54, 1.807) is 6.92 Å². The van der Waals surface area contributed by atoms with E-state index in [-0.39, 0.29) is 23.8 Å². The van der Waals surface area contributed by atoms with E-state index in [0.29, 0.717) is 12.1 Å². The first-order valence-electron chi connectivity index (χ1n) is 10.5. The number of hydrogen-bond acceptors (Lipinski definition) is 3. The Morgan fingerprint density at radius 3 is 2.33 bits per heavy atom. The van der Waals surface area contributed by atoms with Crippen molar-refractivity contribution in [1.29, 1.82) is 0 Å². The number of rotatable bonds is 6. The smallest absolute Gasteiger partial charge is 0.242 e. The summed E-state index contributed by atoms with van der Waals surface area (Å²) in [6.07, 6.45) is 7.52. The van der Waals surface area contributed by atoms with E-state index in [4.69, 9.17) is 0 Å². The number of nitrogens with one attached hydrogen (secondary N) is 2. The number of piperidine rings is 1. The molecular weight excluding hydrogens is 338 g/mol. The fourth-order valence-corrected chi connectivity index (χ4v) is 4.84. The molecule has 4 rings (SSSR count). The second kappa shape index (κ2) is 8.01. The van der Waals surface area contributed by atoms with Gasteiger partial charge in [-0.15, -0.1) is 0 Å². The Morgan fingerprint density at radius 2 is 1.74 bits per heavy atom. The van der Waals surface area contributed by atoms with E-state index >= 15 is 0 Å². The summed E-state index contributed by atoms with van der Waals surface area (Å²) >= 11 is 0. The van der Waals surface area contributed by atoms with Crippen molar-refractivity contribution in [3.05, 3.63) is 35.9 Å². The minimum atomic E-state index is -0.446. The standard InChI is InChI=1S/C22H31N3O2/c1-15(23-22(27)17-8-5-9-17)21(26)24-18-12-19-10-11-20(13-18)25(19)14-16-6-3-2-4-7-16/h2-4,6-7,15,17-20H,5,8-14H2,1H3,(H,23,27)(H,24,26). The zero-order chi connectivity index (χ0) is 18.8. The van der Waals surface area contributed by atoms with Gasteiger partial charge in [-0.25, -0.2) is 0 Å². The Labute approximate surface area is 161 Å². The van der Waals surface area contributed by atoms with Crippen molar-refractivity contribution in [3.63, 3.8) is 0 Å². The van der Waals surface area contributed by atoms with Gasteiger partial charge in [-0.3, -0.25) is 14.5 Å². The van der Waals surface area contributed by atoms with Crippen LogP contribution in [0.25, 0.3) is 0 Å². The van der Waals surface area contributed by atoms with Crippen LogP contribution in [0.2, 0.25) is 0 Å². The molecule has 0 spiro atoms. The van der Waals surface area contributed by atoms with Crippen LogP contribution in [0, 0.1) is 5.92 Å². The molecule has 3 fully saturated rings. The maximum absolute atomic E-state index is 12.5. The highest BCUT2D eigenvalue weighted by molar-refractivity contribution is 5.88. The van der Waals surface area contributed by atoms with Crippen LogP contribution in [-0.2, 0) is 16.1 Å². The lowest BCUT2D eigenvalue weighted by atomic mass is 9.84. The van der Waals surface area contributed by atoms with Crippen LogP contribution in [-0.4, -0.2) is 40.9 Å². The van der Waals surface area contributed by atoms with E-state index in [1.807, 2.05) is 0 Å². The van der Waals surface area contributed by atoms with Crippen LogP contribution in [0.4, 0.5) is 0 Å². The Hall–Kier alpha value is -1.88. The molecule has 5 heteroatoms. The lowest BCUT2D eigenvalue weighted by Gasteiger charge is -2.39. The molecule has 1 aromatic rings. The predicted molar refractivity (Wildman–Crippen MR) is 105 cm³/mol. The van der Waals surface area contributed by atoms with Crippen molar-refractivity contribution >= 4 is 11.8 Å². The molecule has 2 aliphatic heterocycles. The summed E-state index contributed by atoms with van der Waals surface area (Å²) in [7, 11) is 0. The Bertz CT molecular complexity index is 659. The van der Waals surface area contributed by atoms with Gasteiger partial charge >= 0.3 is 0 Å². The molecule has 5 nitrogen and oxygen atoms in total. The molecular formula is C22H31N3O2. The highest BCUT2D eigenvalue weighted by atomic mass is 16.2. The van der Waals surface area contributed by atoms with Crippen molar-refractivity contribution in [2.45, 2.75) is 82.6 Å². The lowest BCUT2D eigenvalue weighted by molar-refractivity contribution is -0.132. The van der Waals surface area contributed by atoms with Crippen molar-refractivity contribution in [2.75, 3.05) is 0 Å². The zero-order valence-corrected chi connectivity index (χ0v) is 16.2. The van der Waals surface area contributed by atoms with Gasteiger partial charge < -0.3 is 10.6 Å². The van der Waals surface area contributed by atoms with Crippen LogP contribution >= 0.6 is 0 Å². The van der Waals surface area contributed by atoms with Gasteiger partial charge in [0.1, 0.15) is 6.04 Å². The average molecular weight is 370 g/mol. The molecule has 3 unspecified atom stereocenters. The molecule has 2 saturated heterocycles. The Morgan fingerprint density at radius 1 is 1.07 bits per heavy atom. The number of nitrogens with zero attached hydrogens (tertiary/aromatic N) is 1. The third kappa shape index (κ3) is 4.18. The van der Waals surface area contributed by atoms with Crippen molar-refractivity contribution in [1.82, 2.24) is 15.5 Å². The summed E-state index contributed by atoms with van der Waals surface area (Å²) in [6.45, 7) is 2.80. The van der Waals surface area contributed by atoms with E-state index in [9.17, 15) is 9.59 Å². The van der Waals surface area contributed by atoms with E-state index in [1.165, 1.54) is 18.4 Å². The maximum atomic E-state index is 12.5. The second-order valence-electron chi connectivity index (χ2n) is 8.58. The molecule has 1 saturated carbocycles. The molecule has 1 aromatic carbocycles.